The third-order valence-corrected chi connectivity index (χ3v) is 6.32. The molecule has 7 nitrogen and oxygen atoms in total. The topological polar surface area (TPSA) is 100 Å². The Morgan fingerprint density at radius 1 is 1.26 bits per heavy atom. The molecular weight excluding hydrogens is 454 g/mol. The highest BCUT2D eigenvalue weighted by Crippen LogP contribution is 2.34. The second kappa shape index (κ2) is 10.2. The largest absolute Gasteiger partial charge is 0.497 e. The van der Waals surface area contributed by atoms with Crippen LogP contribution in [-0.4, -0.2) is 37.1 Å². The maximum absolute atomic E-state index is 13.3. The van der Waals surface area contributed by atoms with Gasteiger partial charge in [-0.05, 0) is 67.1 Å². The fraction of sp³-hybridized carbons (Fsp3) is 0.346. The van der Waals surface area contributed by atoms with Crippen LogP contribution < -0.4 is 20.1 Å². The lowest BCUT2D eigenvalue weighted by Crippen LogP contribution is -2.51. The monoisotopic (exact) mass is 479 g/mol. The summed E-state index contributed by atoms with van der Waals surface area (Å²) in [6.07, 6.45) is 6.62. The number of carbonyl (C=O) groups excluding carboxylic acids is 2. The van der Waals surface area contributed by atoms with Crippen LogP contribution in [0, 0.1) is 11.3 Å². The number of allylic oxidation sites excluding steroid dienone is 1. The molecule has 1 fully saturated rings. The highest BCUT2D eigenvalue weighted by atomic mass is 35.5. The van der Waals surface area contributed by atoms with Gasteiger partial charge in [0.05, 0.1) is 18.2 Å². The van der Waals surface area contributed by atoms with Crippen LogP contribution in [0.1, 0.15) is 40.7 Å². The van der Waals surface area contributed by atoms with E-state index in [1.54, 1.807) is 31.4 Å². The van der Waals surface area contributed by atoms with Gasteiger partial charge < -0.3 is 20.1 Å². The molecule has 0 radical (unpaired) electrons. The summed E-state index contributed by atoms with van der Waals surface area (Å²) in [4.78, 5) is 26.5. The SMILES string of the molecule is COc1ccc2c(c1)CCC=CCOc1ccc(cc1Cl)C[C@@H](C(=O)NC1(C#N)CC1)NC2=O. The lowest BCUT2D eigenvalue weighted by molar-refractivity contribution is -0.123. The van der Waals surface area contributed by atoms with Crippen molar-refractivity contribution < 1.29 is 19.1 Å². The number of benzene rings is 2. The summed E-state index contributed by atoms with van der Waals surface area (Å²) >= 11 is 6.39. The Kier molecular flexibility index (Phi) is 7.09. The molecular formula is C26H26ClN3O4. The molecule has 8 heteroatoms. The normalized spacial score (nSPS) is 19.2. The van der Waals surface area contributed by atoms with Gasteiger partial charge in [-0.3, -0.25) is 9.59 Å². The van der Waals surface area contributed by atoms with Gasteiger partial charge in [0.25, 0.3) is 5.91 Å². The molecule has 5 rings (SSSR count). The summed E-state index contributed by atoms with van der Waals surface area (Å²) < 4.78 is 11.1. The first-order chi connectivity index (χ1) is 16.4. The van der Waals surface area contributed by atoms with E-state index in [4.69, 9.17) is 21.1 Å². The molecule has 0 saturated heterocycles. The summed E-state index contributed by atoms with van der Waals surface area (Å²) in [6.45, 7) is 0.367. The molecule has 2 N–H and O–H groups in total. The van der Waals surface area contributed by atoms with Gasteiger partial charge in [-0.2, -0.15) is 5.26 Å². The number of fused-ring (bicyclic) bond motifs is 9. The Hall–Kier alpha value is -3.50. The molecule has 0 aromatic heterocycles. The highest BCUT2D eigenvalue weighted by molar-refractivity contribution is 6.32. The number of nitriles is 1. The maximum Gasteiger partial charge on any atom is 0.252 e. The fourth-order valence-electron chi connectivity index (χ4n) is 3.87. The van der Waals surface area contributed by atoms with E-state index in [1.807, 2.05) is 24.3 Å². The van der Waals surface area contributed by atoms with E-state index in [0.29, 0.717) is 54.4 Å². The van der Waals surface area contributed by atoms with Crippen LogP contribution in [0.15, 0.2) is 48.6 Å². The third kappa shape index (κ3) is 5.52. The van der Waals surface area contributed by atoms with Crippen LogP contribution in [0.5, 0.6) is 11.5 Å². The molecule has 0 spiro atoms. The van der Waals surface area contributed by atoms with Crippen LogP contribution >= 0.6 is 11.6 Å². The molecule has 1 aliphatic carbocycles. The van der Waals surface area contributed by atoms with Gasteiger partial charge in [-0.15, -0.1) is 0 Å². The van der Waals surface area contributed by atoms with E-state index in [9.17, 15) is 14.9 Å². The second-order valence-corrected chi connectivity index (χ2v) is 8.93. The molecule has 34 heavy (non-hydrogen) atoms. The van der Waals surface area contributed by atoms with Crippen molar-refractivity contribution in [3.8, 4) is 17.6 Å². The van der Waals surface area contributed by atoms with E-state index in [2.05, 4.69) is 16.7 Å². The van der Waals surface area contributed by atoms with Gasteiger partial charge in [0.15, 0.2) is 0 Å². The molecule has 2 aliphatic heterocycles. The van der Waals surface area contributed by atoms with Crippen molar-refractivity contribution in [3.63, 3.8) is 0 Å². The van der Waals surface area contributed by atoms with Gasteiger partial charge in [0.2, 0.25) is 5.91 Å². The number of nitrogens with zero attached hydrogens (tertiary/aromatic N) is 1. The number of aryl methyl sites for hydroxylation is 1. The number of halogens is 1. The first-order valence-corrected chi connectivity index (χ1v) is 11.6. The van der Waals surface area contributed by atoms with Crippen molar-refractivity contribution >= 4 is 23.4 Å². The summed E-state index contributed by atoms with van der Waals surface area (Å²) in [5, 5.41) is 15.5. The molecule has 176 valence electrons. The summed E-state index contributed by atoms with van der Waals surface area (Å²) in [5.41, 5.74) is 1.21. The number of amides is 2. The molecule has 2 heterocycles. The highest BCUT2D eigenvalue weighted by Gasteiger charge is 2.45. The lowest BCUT2D eigenvalue weighted by Gasteiger charge is -2.22. The van der Waals surface area contributed by atoms with Gasteiger partial charge >= 0.3 is 0 Å². The quantitative estimate of drug-likeness (QED) is 0.653. The number of rotatable bonds is 3. The van der Waals surface area contributed by atoms with Gasteiger partial charge in [0, 0.05) is 12.0 Å². The van der Waals surface area contributed by atoms with Crippen molar-refractivity contribution in [2.75, 3.05) is 13.7 Å². The number of nitrogens with one attached hydrogen (secondary N) is 2. The van der Waals surface area contributed by atoms with Crippen molar-refractivity contribution in [1.29, 1.82) is 5.26 Å². The Morgan fingerprint density at radius 2 is 2.09 bits per heavy atom. The zero-order valence-electron chi connectivity index (χ0n) is 18.9. The van der Waals surface area contributed by atoms with Crippen LogP contribution in [-0.2, 0) is 17.6 Å². The smallest absolute Gasteiger partial charge is 0.252 e. The molecule has 0 unspecified atom stereocenters. The number of methoxy groups -OCH3 is 1. The fourth-order valence-corrected chi connectivity index (χ4v) is 4.13. The molecule has 2 bridgehead atoms. The maximum atomic E-state index is 13.3. The Labute approximate surface area is 203 Å². The minimum Gasteiger partial charge on any atom is -0.497 e. The molecule has 3 aliphatic rings. The number of hydrogen-bond acceptors (Lipinski definition) is 5. The van der Waals surface area contributed by atoms with Crippen LogP contribution in [0.3, 0.4) is 0 Å². The van der Waals surface area contributed by atoms with E-state index >= 15 is 0 Å². The van der Waals surface area contributed by atoms with Crippen molar-refractivity contribution in [3.05, 3.63) is 70.3 Å². The van der Waals surface area contributed by atoms with Crippen LogP contribution in [0.4, 0.5) is 0 Å². The first kappa shape index (κ1) is 23.7. The molecule has 2 amide bonds. The summed E-state index contributed by atoms with van der Waals surface area (Å²) in [5.74, 6) is 0.440. The summed E-state index contributed by atoms with van der Waals surface area (Å²) in [6, 6.07) is 11.9. The van der Waals surface area contributed by atoms with Crippen molar-refractivity contribution in [2.45, 2.75) is 43.7 Å². The molecule has 2 aromatic carbocycles. The minimum absolute atomic E-state index is 0.213. The number of hydrogen-bond donors (Lipinski definition) is 2. The lowest BCUT2D eigenvalue weighted by atomic mass is 9.99. The second-order valence-electron chi connectivity index (χ2n) is 8.52. The number of ether oxygens (including phenoxy) is 2. The van der Waals surface area contributed by atoms with Crippen LogP contribution in [0.2, 0.25) is 5.02 Å². The third-order valence-electron chi connectivity index (χ3n) is 6.02. The van der Waals surface area contributed by atoms with Gasteiger partial charge in [0.1, 0.15) is 29.7 Å². The van der Waals surface area contributed by atoms with Crippen LogP contribution in [0.25, 0.3) is 0 Å². The van der Waals surface area contributed by atoms with E-state index in [0.717, 1.165) is 11.1 Å². The Balaban J connectivity index is 1.67. The van der Waals surface area contributed by atoms with E-state index in [-0.39, 0.29) is 12.3 Å². The minimum atomic E-state index is -0.885. The van der Waals surface area contributed by atoms with Crippen molar-refractivity contribution in [1.82, 2.24) is 10.6 Å². The predicted octanol–water partition coefficient (Wildman–Crippen LogP) is 3.74. The van der Waals surface area contributed by atoms with Gasteiger partial charge in [-0.25, -0.2) is 0 Å². The average molecular weight is 480 g/mol. The average Bonchev–Trinajstić information content (AvgIpc) is 3.60. The number of carbonyl (C=O) groups is 2. The van der Waals surface area contributed by atoms with Crippen molar-refractivity contribution in [2.24, 2.45) is 0 Å². The Bertz CT molecular complexity index is 1170. The summed E-state index contributed by atoms with van der Waals surface area (Å²) in [7, 11) is 1.58. The van der Waals surface area contributed by atoms with Gasteiger partial charge in [-0.1, -0.05) is 29.8 Å². The van der Waals surface area contributed by atoms with E-state index < -0.39 is 17.5 Å². The molecule has 1 atom stereocenters. The molecule has 2 aromatic rings. The zero-order valence-corrected chi connectivity index (χ0v) is 19.7. The standard InChI is InChI=1S/C26H26ClN3O4/c1-33-19-7-8-20-18(15-19)5-3-2-4-12-34-23-9-6-17(13-21(23)27)14-22(29-24(20)31)25(32)30-26(16-28)10-11-26/h2,4,6-9,13,15,22H,3,5,10-12,14H2,1H3,(H,29,31)(H,30,32)/t22-/m0/s1. The molecule has 1 saturated carbocycles. The Morgan fingerprint density at radius 3 is 2.79 bits per heavy atom. The first-order valence-electron chi connectivity index (χ1n) is 11.2. The zero-order chi connectivity index (χ0) is 24.1. The predicted molar refractivity (Wildman–Crippen MR) is 128 cm³/mol. The van der Waals surface area contributed by atoms with E-state index in [1.165, 1.54) is 0 Å².